The fraction of sp³-hybridized carbons (Fsp3) is 0.250. The van der Waals surface area contributed by atoms with Crippen LogP contribution in [-0.2, 0) is 5.75 Å². The second-order valence-electron chi connectivity index (χ2n) is 7.64. The largest absolute Gasteiger partial charge is 0.345 e. The second-order valence-corrected chi connectivity index (χ2v) is 8.59. The van der Waals surface area contributed by atoms with E-state index >= 15 is 0 Å². The number of amides is 1. The molecule has 0 saturated carbocycles. The summed E-state index contributed by atoms with van der Waals surface area (Å²) in [6, 6.07) is 17.7. The van der Waals surface area contributed by atoms with Crippen molar-refractivity contribution in [1.82, 2.24) is 24.9 Å². The number of hydrogen-bond acceptors (Lipinski definition) is 5. The number of carbonyl (C=O) groups is 1. The second kappa shape index (κ2) is 8.89. The molecule has 0 bridgehead atoms. The predicted octanol–water partition coefficient (Wildman–Crippen LogP) is 4.83. The van der Waals surface area contributed by atoms with Crippen LogP contribution in [0.3, 0.4) is 0 Å². The molecule has 0 spiro atoms. The smallest absolute Gasteiger partial charge is 0.253 e. The van der Waals surface area contributed by atoms with Crippen molar-refractivity contribution in [2.24, 2.45) is 0 Å². The van der Waals surface area contributed by atoms with Gasteiger partial charge in [0.1, 0.15) is 0 Å². The molecule has 1 N–H and O–H groups in total. The summed E-state index contributed by atoms with van der Waals surface area (Å²) in [6.07, 6.45) is 0. The first-order chi connectivity index (χ1) is 14.9. The molecule has 1 unspecified atom stereocenters. The molecule has 0 aliphatic carbocycles. The molecule has 0 aliphatic rings. The summed E-state index contributed by atoms with van der Waals surface area (Å²) in [6.45, 7) is 8.00. The Morgan fingerprint density at radius 2 is 1.81 bits per heavy atom. The van der Waals surface area contributed by atoms with E-state index in [-0.39, 0.29) is 11.9 Å². The van der Waals surface area contributed by atoms with Crippen molar-refractivity contribution >= 4 is 23.4 Å². The summed E-state index contributed by atoms with van der Waals surface area (Å²) in [5, 5.41) is 8.32. The predicted molar refractivity (Wildman–Crippen MR) is 123 cm³/mol. The number of aromatic nitrogens is 4. The fourth-order valence-electron chi connectivity index (χ4n) is 3.64. The van der Waals surface area contributed by atoms with E-state index in [0.29, 0.717) is 22.3 Å². The molecule has 1 amide bonds. The van der Waals surface area contributed by atoms with E-state index in [2.05, 4.69) is 39.4 Å². The van der Waals surface area contributed by atoms with Crippen molar-refractivity contribution in [3.05, 3.63) is 88.2 Å². The minimum Gasteiger partial charge on any atom is -0.345 e. The summed E-state index contributed by atoms with van der Waals surface area (Å²) in [7, 11) is 0. The van der Waals surface area contributed by atoms with Crippen molar-refractivity contribution in [2.75, 3.05) is 0 Å². The van der Waals surface area contributed by atoms with Gasteiger partial charge >= 0.3 is 0 Å². The van der Waals surface area contributed by atoms with Gasteiger partial charge in [0.15, 0.2) is 0 Å². The Kier molecular flexibility index (Phi) is 6.04. The molecule has 0 radical (unpaired) electrons. The summed E-state index contributed by atoms with van der Waals surface area (Å²) in [5.74, 6) is 1.11. The highest BCUT2D eigenvalue weighted by Crippen LogP contribution is 2.24. The highest BCUT2D eigenvalue weighted by molar-refractivity contribution is 7.98. The molecule has 4 rings (SSSR count). The fourth-order valence-corrected chi connectivity index (χ4v) is 4.47. The van der Waals surface area contributed by atoms with E-state index in [1.165, 1.54) is 11.8 Å². The van der Waals surface area contributed by atoms with Crippen LogP contribution < -0.4 is 5.32 Å². The van der Waals surface area contributed by atoms with Crippen LogP contribution in [0.5, 0.6) is 0 Å². The Morgan fingerprint density at radius 3 is 2.61 bits per heavy atom. The number of nitrogens with one attached hydrogen (secondary N) is 1. The van der Waals surface area contributed by atoms with Gasteiger partial charge in [-0.3, -0.25) is 4.79 Å². The van der Waals surface area contributed by atoms with Crippen LogP contribution in [0.1, 0.15) is 51.4 Å². The normalized spacial score (nSPS) is 12.1. The maximum Gasteiger partial charge on any atom is 0.253 e. The maximum absolute atomic E-state index is 13.0. The third-order valence-electron chi connectivity index (χ3n) is 5.22. The highest BCUT2D eigenvalue weighted by Gasteiger charge is 2.16. The monoisotopic (exact) mass is 431 g/mol. The van der Waals surface area contributed by atoms with Crippen LogP contribution in [0.25, 0.3) is 5.78 Å². The average molecular weight is 432 g/mol. The summed E-state index contributed by atoms with van der Waals surface area (Å²) < 4.78 is 1.75. The van der Waals surface area contributed by atoms with Crippen molar-refractivity contribution in [2.45, 2.75) is 44.6 Å². The number of carbonyl (C=O) groups excluding carboxylic acids is 1. The topological polar surface area (TPSA) is 72.2 Å². The lowest BCUT2D eigenvalue weighted by Crippen LogP contribution is -2.27. The SMILES string of the molecule is Cc1cc(C)n2nc(SCc3ccccc3C(=O)NC(C)c3ccccc3C)nc2n1. The van der Waals surface area contributed by atoms with Gasteiger partial charge in [0.2, 0.25) is 5.16 Å². The standard InChI is InChI=1S/C24H25N5OS/c1-15-9-5-7-11-20(15)18(4)26-22(30)21-12-8-6-10-19(21)14-31-24-27-23-25-16(2)13-17(3)29(23)28-24/h5-13,18H,14H2,1-4H3,(H,26,30). The molecular formula is C24H25N5OS. The lowest BCUT2D eigenvalue weighted by molar-refractivity contribution is 0.0939. The number of thioether (sulfide) groups is 1. The van der Waals surface area contributed by atoms with Gasteiger partial charge in [-0.05, 0) is 56.5 Å². The molecule has 1 atom stereocenters. The first kappa shape index (κ1) is 21.1. The van der Waals surface area contributed by atoms with Crippen LogP contribution in [0.4, 0.5) is 0 Å². The third kappa shape index (κ3) is 4.61. The Balaban J connectivity index is 1.50. The minimum atomic E-state index is -0.0805. The maximum atomic E-state index is 13.0. The summed E-state index contributed by atoms with van der Waals surface area (Å²) in [5.41, 5.74) is 5.81. The van der Waals surface area contributed by atoms with E-state index in [0.717, 1.165) is 28.1 Å². The number of aryl methyl sites for hydroxylation is 3. The quantitative estimate of drug-likeness (QED) is 0.443. The highest BCUT2D eigenvalue weighted by atomic mass is 32.2. The molecule has 4 aromatic rings. The van der Waals surface area contributed by atoms with Gasteiger partial charge in [0.25, 0.3) is 11.7 Å². The number of hydrogen-bond donors (Lipinski definition) is 1. The van der Waals surface area contributed by atoms with Gasteiger partial charge in [-0.2, -0.15) is 4.98 Å². The Labute approximate surface area is 186 Å². The van der Waals surface area contributed by atoms with Crippen LogP contribution >= 0.6 is 11.8 Å². The number of fused-ring (bicyclic) bond motifs is 1. The first-order valence-electron chi connectivity index (χ1n) is 10.2. The average Bonchev–Trinajstić information content (AvgIpc) is 3.16. The molecule has 31 heavy (non-hydrogen) atoms. The van der Waals surface area contributed by atoms with Crippen molar-refractivity contribution in [3.8, 4) is 0 Å². The van der Waals surface area contributed by atoms with Gasteiger partial charge in [0, 0.05) is 22.7 Å². The van der Waals surface area contributed by atoms with Crippen LogP contribution in [0.15, 0.2) is 59.8 Å². The minimum absolute atomic E-state index is 0.0770. The lowest BCUT2D eigenvalue weighted by Gasteiger charge is -2.17. The number of rotatable bonds is 6. The van der Waals surface area contributed by atoms with E-state index < -0.39 is 0 Å². The number of benzene rings is 2. The summed E-state index contributed by atoms with van der Waals surface area (Å²) in [4.78, 5) is 22.0. The van der Waals surface area contributed by atoms with Gasteiger partial charge in [-0.25, -0.2) is 9.50 Å². The molecule has 2 aromatic carbocycles. The van der Waals surface area contributed by atoms with Crippen molar-refractivity contribution < 1.29 is 4.79 Å². The molecule has 0 fully saturated rings. The molecule has 2 aromatic heterocycles. The first-order valence-corrected chi connectivity index (χ1v) is 11.2. The van der Waals surface area contributed by atoms with Crippen LogP contribution in [0, 0.1) is 20.8 Å². The molecule has 6 nitrogen and oxygen atoms in total. The van der Waals surface area contributed by atoms with Crippen LogP contribution in [0.2, 0.25) is 0 Å². The lowest BCUT2D eigenvalue weighted by atomic mass is 10.0. The molecular weight excluding hydrogens is 406 g/mol. The van der Waals surface area contributed by atoms with Crippen molar-refractivity contribution in [3.63, 3.8) is 0 Å². The zero-order valence-corrected chi connectivity index (χ0v) is 18.9. The molecule has 158 valence electrons. The Hall–Kier alpha value is -3.19. The zero-order valence-electron chi connectivity index (χ0n) is 18.1. The van der Waals surface area contributed by atoms with Gasteiger partial charge in [0.05, 0.1) is 6.04 Å². The molecule has 0 aliphatic heterocycles. The molecule has 0 saturated heterocycles. The Bertz CT molecular complexity index is 1250. The van der Waals surface area contributed by atoms with E-state index in [1.807, 2.05) is 63.2 Å². The molecule has 7 heteroatoms. The Morgan fingerprint density at radius 1 is 1.06 bits per heavy atom. The van der Waals surface area contributed by atoms with Gasteiger partial charge in [-0.1, -0.05) is 54.2 Å². The van der Waals surface area contributed by atoms with Gasteiger partial charge in [-0.15, -0.1) is 5.10 Å². The van der Waals surface area contributed by atoms with Crippen molar-refractivity contribution in [1.29, 1.82) is 0 Å². The van der Waals surface area contributed by atoms with E-state index in [4.69, 9.17) is 0 Å². The molecule has 2 heterocycles. The number of nitrogens with zero attached hydrogens (tertiary/aromatic N) is 4. The van der Waals surface area contributed by atoms with E-state index in [1.54, 1.807) is 4.52 Å². The third-order valence-corrected chi connectivity index (χ3v) is 6.11. The van der Waals surface area contributed by atoms with Crippen LogP contribution in [-0.4, -0.2) is 25.5 Å². The summed E-state index contributed by atoms with van der Waals surface area (Å²) >= 11 is 1.50. The van der Waals surface area contributed by atoms with E-state index in [9.17, 15) is 4.79 Å². The zero-order chi connectivity index (χ0) is 22.0. The van der Waals surface area contributed by atoms with Gasteiger partial charge < -0.3 is 5.32 Å².